The van der Waals surface area contributed by atoms with Crippen LogP contribution in [0.2, 0.25) is 0 Å². The molecule has 10 heteroatoms. The fourth-order valence-electron chi connectivity index (χ4n) is 2.80. The van der Waals surface area contributed by atoms with E-state index in [1.165, 1.54) is 11.6 Å². The highest BCUT2D eigenvalue weighted by Crippen LogP contribution is 2.28. The van der Waals surface area contributed by atoms with Gasteiger partial charge in [0, 0.05) is 17.6 Å². The van der Waals surface area contributed by atoms with E-state index in [0.29, 0.717) is 17.9 Å². The molecule has 1 aromatic carbocycles. The third-order valence-electron chi connectivity index (χ3n) is 4.31. The first-order valence-corrected chi connectivity index (χ1v) is 9.60. The Kier molecular flexibility index (Phi) is 6.11. The number of rotatable bonds is 6. The number of nitrogens with one attached hydrogen (secondary N) is 1. The number of halogens is 4. The van der Waals surface area contributed by atoms with Gasteiger partial charge in [-0.15, -0.1) is 0 Å². The van der Waals surface area contributed by atoms with Gasteiger partial charge in [0.15, 0.2) is 5.69 Å². The highest BCUT2D eigenvalue weighted by molar-refractivity contribution is 9.10. The summed E-state index contributed by atoms with van der Waals surface area (Å²) < 4.78 is 42.2. The SMILES string of the molecule is Cc1cc(C(F)(F)F)nn1CC(C)C(=O)Nc1cccc(Cn2cc(Br)cn2)c1. The van der Waals surface area contributed by atoms with Crippen LogP contribution in [0, 0.1) is 12.8 Å². The van der Waals surface area contributed by atoms with E-state index < -0.39 is 17.8 Å². The van der Waals surface area contributed by atoms with Gasteiger partial charge < -0.3 is 5.32 Å². The molecule has 2 aromatic heterocycles. The van der Waals surface area contributed by atoms with Crippen LogP contribution in [-0.4, -0.2) is 25.5 Å². The summed E-state index contributed by atoms with van der Waals surface area (Å²) in [5.41, 5.74) is 0.951. The number of anilines is 1. The molecular weight excluding hydrogens is 451 g/mol. The molecule has 154 valence electrons. The molecule has 2 heterocycles. The molecule has 0 saturated carbocycles. The van der Waals surface area contributed by atoms with Crippen molar-refractivity contribution < 1.29 is 18.0 Å². The summed E-state index contributed by atoms with van der Waals surface area (Å²) in [6, 6.07) is 8.30. The molecule has 29 heavy (non-hydrogen) atoms. The van der Waals surface area contributed by atoms with Gasteiger partial charge in [-0.2, -0.15) is 23.4 Å². The Balaban J connectivity index is 1.64. The lowest BCUT2D eigenvalue weighted by Gasteiger charge is -2.14. The second kappa shape index (κ2) is 8.40. The number of alkyl halides is 3. The predicted octanol–water partition coefficient (Wildman–Crippen LogP) is 4.49. The summed E-state index contributed by atoms with van der Waals surface area (Å²) in [6.07, 6.45) is -0.976. The lowest BCUT2D eigenvalue weighted by atomic mass is 10.1. The van der Waals surface area contributed by atoms with Crippen molar-refractivity contribution in [2.75, 3.05) is 5.32 Å². The Morgan fingerprint density at radius 2 is 2.07 bits per heavy atom. The first-order chi connectivity index (χ1) is 13.6. The summed E-state index contributed by atoms with van der Waals surface area (Å²) in [5.74, 6) is -0.868. The molecule has 0 radical (unpaired) electrons. The van der Waals surface area contributed by atoms with Crippen molar-refractivity contribution in [3.05, 3.63) is 64.1 Å². The lowest BCUT2D eigenvalue weighted by Crippen LogP contribution is -2.25. The van der Waals surface area contributed by atoms with E-state index in [-0.39, 0.29) is 12.5 Å². The average molecular weight is 470 g/mol. The van der Waals surface area contributed by atoms with Crippen LogP contribution >= 0.6 is 15.9 Å². The molecule has 0 bridgehead atoms. The van der Waals surface area contributed by atoms with Crippen molar-refractivity contribution >= 4 is 27.5 Å². The maximum absolute atomic E-state index is 12.8. The summed E-state index contributed by atoms with van der Waals surface area (Å²) in [6.45, 7) is 3.77. The molecule has 3 rings (SSSR count). The molecule has 1 atom stereocenters. The molecule has 0 aliphatic rings. The van der Waals surface area contributed by atoms with Gasteiger partial charge in [0.2, 0.25) is 5.91 Å². The molecule has 0 saturated heterocycles. The molecule has 1 N–H and O–H groups in total. The number of carbonyl (C=O) groups is 1. The van der Waals surface area contributed by atoms with E-state index >= 15 is 0 Å². The molecule has 0 aliphatic heterocycles. The molecule has 1 amide bonds. The van der Waals surface area contributed by atoms with E-state index in [4.69, 9.17) is 0 Å². The van der Waals surface area contributed by atoms with E-state index in [9.17, 15) is 18.0 Å². The largest absolute Gasteiger partial charge is 0.435 e. The lowest BCUT2D eigenvalue weighted by molar-refractivity contribution is -0.141. The monoisotopic (exact) mass is 469 g/mol. The zero-order chi connectivity index (χ0) is 21.2. The third-order valence-corrected chi connectivity index (χ3v) is 4.72. The Morgan fingerprint density at radius 1 is 1.31 bits per heavy atom. The van der Waals surface area contributed by atoms with Crippen LogP contribution in [0.25, 0.3) is 0 Å². The van der Waals surface area contributed by atoms with Gasteiger partial charge in [0.1, 0.15) is 0 Å². The Morgan fingerprint density at radius 3 is 2.69 bits per heavy atom. The van der Waals surface area contributed by atoms with Gasteiger partial charge >= 0.3 is 6.18 Å². The number of aryl methyl sites for hydroxylation is 1. The number of hydrogen-bond donors (Lipinski definition) is 1. The van der Waals surface area contributed by atoms with Crippen LogP contribution in [0.3, 0.4) is 0 Å². The zero-order valence-corrected chi connectivity index (χ0v) is 17.3. The maximum atomic E-state index is 12.8. The van der Waals surface area contributed by atoms with Crippen LogP contribution in [0.5, 0.6) is 0 Å². The van der Waals surface area contributed by atoms with Crippen LogP contribution in [0.1, 0.15) is 23.9 Å². The number of carbonyl (C=O) groups excluding carboxylic acids is 1. The van der Waals surface area contributed by atoms with E-state index in [1.54, 1.807) is 23.9 Å². The zero-order valence-electron chi connectivity index (χ0n) is 15.7. The molecule has 6 nitrogen and oxygen atoms in total. The second-order valence-electron chi connectivity index (χ2n) is 6.80. The minimum Gasteiger partial charge on any atom is -0.326 e. The minimum absolute atomic E-state index is 0.0503. The number of nitrogens with zero attached hydrogens (tertiary/aromatic N) is 4. The highest BCUT2D eigenvalue weighted by atomic mass is 79.9. The summed E-state index contributed by atoms with van der Waals surface area (Å²) >= 11 is 3.34. The molecular formula is C19H19BrF3N5O. The van der Waals surface area contributed by atoms with Crippen molar-refractivity contribution in [1.29, 1.82) is 0 Å². The molecule has 0 aliphatic carbocycles. The number of hydrogen-bond acceptors (Lipinski definition) is 3. The van der Waals surface area contributed by atoms with Crippen molar-refractivity contribution in [2.24, 2.45) is 5.92 Å². The van der Waals surface area contributed by atoms with Crippen molar-refractivity contribution in [3.8, 4) is 0 Å². The smallest absolute Gasteiger partial charge is 0.326 e. The first-order valence-electron chi connectivity index (χ1n) is 8.81. The number of aromatic nitrogens is 4. The van der Waals surface area contributed by atoms with Gasteiger partial charge in [-0.25, -0.2) is 0 Å². The topological polar surface area (TPSA) is 64.7 Å². The van der Waals surface area contributed by atoms with Gasteiger partial charge in [-0.05, 0) is 46.6 Å². The maximum Gasteiger partial charge on any atom is 0.435 e. The van der Waals surface area contributed by atoms with Gasteiger partial charge in [0.05, 0.1) is 29.7 Å². The molecule has 0 fully saturated rings. The molecule has 1 unspecified atom stereocenters. The summed E-state index contributed by atoms with van der Waals surface area (Å²) in [5, 5.41) is 10.6. The Labute approximate surface area is 173 Å². The number of amides is 1. The molecule has 0 spiro atoms. The summed E-state index contributed by atoms with van der Waals surface area (Å²) in [4.78, 5) is 12.5. The van der Waals surface area contributed by atoms with Crippen LogP contribution in [-0.2, 0) is 24.1 Å². The molecule has 3 aromatic rings. The number of benzene rings is 1. The van der Waals surface area contributed by atoms with E-state index in [0.717, 1.165) is 16.1 Å². The van der Waals surface area contributed by atoms with Crippen molar-refractivity contribution in [3.63, 3.8) is 0 Å². The first kappa shape index (κ1) is 21.1. The van der Waals surface area contributed by atoms with Crippen molar-refractivity contribution in [2.45, 2.75) is 33.1 Å². The quantitative estimate of drug-likeness (QED) is 0.578. The summed E-state index contributed by atoms with van der Waals surface area (Å²) in [7, 11) is 0. The van der Waals surface area contributed by atoms with E-state index in [2.05, 4.69) is 31.4 Å². The minimum atomic E-state index is -4.51. The van der Waals surface area contributed by atoms with E-state index in [1.807, 2.05) is 24.4 Å². The van der Waals surface area contributed by atoms with Gasteiger partial charge in [-0.3, -0.25) is 14.2 Å². The third kappa shape index (κ3) is 5.47. The average Bonchev–Trinajstić information content (AvgIpc) is 3.20. The fourth-order valence-corrected chi connectivity index (χ4v) is 3.13. The van der Waals surface area contributed by atoms with Gasteiger partial charge in [0.25, 0.3) is 0 Å². The standard InChI is InChI=1S/C19H19BrF3N5O/c1-12(9-28-13(2)6-17(26-28)19(21,22)23)18(29)25-16-5-3-4-14(7-16)10-27-11-15(20)8-24-27/h3-8,11-12H,9-10H2,1-2H3,(H,25,29). The fraction of sp³-hybridized carbons (Fsp3) is 0.316. The normalized spacial score (nSPS) is 12.8. The van der Waals surface area contributed by atoms with Crippen LogP contribution in [0.15, 0.2) is 47.2 Å². The van der Waals surface area contributed by atoms with Crippen molar-refractivity contribution in [1.82, 2.24) is 19.6 Å². The Bertz CT molecular complexity index is 1010. The van der Waals surface area contributed by atoms with Crippen LogP contribution in [0.4, 0.5) is 18.9 Å². The predicted molar refractivity (Wildman–Crippen MR) is 105 cm³/mol. The second-order valence-corrected chi connectivity index (χ2v) is 7.71. The van der Waals surface area contributed by atoms with Gasteiger partial charge in [-0.1, -0.05) is 19.1 Å². The highest BCUT2D eigenvalue weighted by Gasteiger charge is 2.34. The Hall–Kier alpha value is -2.62. The van der Waals surface area contributed by atoms with Crippen LogP contribution < -0.4 is 5.32 Å².